The lowest BCUT2D eigenvalue weighted by Gasteiger charge is -2.34. The lowest BCUT2D eigenvalue weighted by molar-refractivity contribution is -0.131. The zero-order valence-corrected chi connectivity index (χ0v) is 17.3. The zero-order chi connectivity index (χ0) is 19.5. The molecule has 2 aromatic carbocycles. The molecule has 28 heavy (non-hydrogen) atoms. The number of halogens is 1. The van der Waals surface area contributed by atoms with Crippen molar-refractivity contribution in [2.75, 3.05) is 38.2 Å². The number of rotatable bonds is 5. The van der Waals surface area contributed by atoms with Crippen LogP contribution < -0.4 is 9.64 Å². The molecule has 1 amide bonds. The summed E-state index contributed by atoms with van der Waals surface area (Å²) >= 11 is 7.84. The molecule has 0 saturated carbocycles. The fourth-order valence-corrected chi connectivity index (χ4v) is 4.71. The van der Waals surface area contributed by atoms with Gasteiger partial charge in [-0.25, -0.2) is 4.98 Å². The predicted molar refractivity (Wildman–Crippen MR) is 115 cm³/mol. The van der Waals surface area contributed by atoms with Crippen molar-refractivity contribution >= 4 is 44.2 Å². The Morgan fingerprint density at radius 2 is 1.89 bits per heavy atom. The number of aryl methyl sites for hydroxylation is 1. The molecule has 1 aliphatic rings. The lowest BCUT2D eigenvalue weighted by atomic mass is 10.1. The van der Waals surface area contributed by atoms with E-state index in [-0.39, 0.29) is 5.91 Å². The summed E-state index contributed by atoms with van der Waals surface area (Å²) in [6.45, 7) is 3.02. The van der Waals surface area contributed by atoms with E-state index in [0.717, 1.165) is 47.9 Å². The van der Waals surface area contributed by atoms with Crippen molar-refractivity contribution in [2.24, 2.45) is 0 Å². The highest BCUT2D eigenvalue weighted by molar-refractivity contribution is 7.22. The van der Waals surface area contributed by atoms with Gasteiger partial charge in [-0.05, 0) is 24.1 Å². The van der Waals surface area contributed by atoms with Gasteiger partial charge in [0, 0.05) is 32.6 Å². The molecule has 1 aromatic heterocycles. The van der Waals surface area contributed by atoms with E-state index in [1.807, 2.05) is 35.2 Å². The van der Waals surface area contributed by atoms with Gasteiger partial charge in [-0.3, -0.25) is 4.79 Å². The Morgan fingerprint density at radius 1 is 1.14 bits per heavy atom. The van der Waals surface area contributed by atoms with Crippen LogP contribution in [0.5, 0.6) is 5.75 Å². The summed E-state index contributed by atoms with van der Waals surface area (Å²) in [5.41, 5.74) is 2.01. The largest absolute Gasteiger partial charge is 0.493 e. The molecule has 1 aliphatic heterocycles. The number of benzene rings is 2. The molecule has 146 valence electrons. The van der Waals surface area contributed by atoms with Gasteiger partial charge >= 0.3 is 0 Å². The average molecular weight is 416 g/mol. The van der Waals surface area contributed by atoms with Gasteiger partial charge in [-0.15, -0.1) is 0 Å². The first-order chi connectivity index (χ1) is 13.7. The van der Waals surface area contributed by atoms with Crippen LogP contribution >= 0.6 is 22.9 Å². The molecular formula is C21H22ClN3O2S. The second-order valence-corrected chi connectivity index (χ2v) is 8.19. The van der Waals surface area contributed by atoms with Crippen molar-refractivity contribution in [3.63, 3.8) is 0 Å². The number of amides is 1. The van der Waals surface area contributed by atoms with Gasteiger partial charge < -0.3 is 14.5 Å². The van der Waals surface area contributed by atoms with E-state index in [2.05, 4.69) is 17.0 Å². The molecule has 0 spiro atoms. The average Bonchev–Trinajstić information content (AvgIpc) is 3.17. The maximum atomic E-state index is 12.5. The third-order valence-electron chi connectivity index (χ3n) is 5.03. The number of piperazine rings is 1. The first-order valence-electron chi connectivity index (χ1n) is 9.35. The second kappa shape index (κ2) is 8.37. The van der Waals surface area contributed by atoms with Crippen molar-refractivity contribution in [3.05, 3.63) is 53.1 Å². The van der Waals surface area contributed by atoms with Crippen molar-refractivity contribution in [1.82, 2.24) is 9.88 Å². The van der Waals surface area contributed by atoms with Gasteiger partial charge in [0.25, 0.3) is 0 Å². The van der Waals surface area contributed by atoms with E-state index >= 15 is 0 Å². The van der Waals surface area contributed by atoms with Gasteiger partial charge in [0.2, 0.25) is 5.91 Å². The first kappa shape index (κ1) is 19.0. The highest BCUT2D eigenvalue weighted by Gasteiger charge is 2.23. The molecule has 0 radical (unpaired) electrons. The van der Waals surface area contributed by atoms with Crippen LogP contribution in [0.25, 0.3) is 10.2 Å². The van der Waals surface area contributed by atoms with Gasteiger partial charge in [0.15, 0.2) is 10.9 Å². The molecular weight excluding hydrogens is 394 g/mol. The first-order valence-corrected chi connectivity index (χ1v) is 10.5. The quantitative estimate of drug-likeness (QED) is 0.625. The summed E-state index contributed by atoms with van der Waals surface area (Å²) in [5, 5.41) is 1.52. The number of methoxy groups -OCH3 is 1. The van der Waals surface area contributed by atoms with E-state index < -0.39 is 0 Å². The minimum absolute atomic E-state index is 0.223. The van der Waals surface area contributed by atoms with Gasteiger partial charge in [0.1, 0.15) is 5.52 Å². The smallest absolute Gasteiger partial charge is 0.223 e. The molecule has 7 heteroatoms. The number of carbonyl (C=O) groups excluding carboxylic acids is 1. The molecule has 0 aliphatic carbocycles. The maximum Gasteiger partial charge on any atom is 0.223 e. The highest BCUT2D eigenvalue weighted by Crippen LogP contribution is 2.38. The number of hydrogen-bond acceptors (Lipinski definition) is 5. The van der Waals surface area contributed by atoms with Crippen LogP contribution in [-0.2, 0) is 11.2 Å². The molecule has 5 nitrogen and oxygen atoms in total. The maximum absolute atomic E-state index is 12.5. The van der Waals surface area contributed by atoms with E-state index in [4.69, 9.17) is 21.3 Å². The second-order valence-electron chi connectivity index (χ2n) is 6.78. The Bertz CT molecular complexity index is 968. The highest BCUT2D eigenvalue weighted by atomic mass is 35.5. The number of fused-ring (bicyclic) bond motifs is 1. The number of nitrogens with zero attached hydrogens (tertiary/aromatic N) is 3. The standard InChI is InChI=1S/C21H22ClN3O2S/c1-27-20-16(22)8-9-17-19(20)23-21(28-17)25-13-11-24(12-14-25)18(26)10-7-15-5-3-2-4-6-15/h2-6,8-9H,7,10-14H2,1H3. The van der Waals surface area contributed by atoms with Crippen molar-refractivity contribution in [1.29, 1.82) is 0 Å². The molecule has 0 N–H and O–H groups in total. The molecule has 3 aromatic rings. The van der Waals surface area contributed by atoms with E-state index in [9.17, 15) is 4.79 Å². The van der Waals surface area contributed by atoms with Crippen LogP contribution in [0, 0.1) is 0 Å². The number of hydrogen-bond donors (Lipinski definition) is 0. The van der Waals surface area contributed by atoms with E-state index in [1.165, 1.54) is 5.56 Å². The number of thiazole rings is 1. The topological polar surface area (TPSA) is 45.7 Å². The van der Waals surface area contributed by atoms with Crippen LogP contribution in [0.4, 0.5) is 5.13 Å². The normalized spacial score (nSPS) is 14.5. The number of anilines is 1. The summed E-state index contributed by atoms with van der Waals surface area (Å²) < 4.78 is 6.46. The Kier molecular flexibility index (Phi) is 5.69. The lowest BCUT2D eigenvalue weighted by Crippen LogP contribution is -2.48. The molecule has 1 fully saturated rings. The summed E-state index contributed by atoms with van der Waals surface area (Å²) in [5.74, 6) is 0.845. The minimum Gasteiger partial charge on any atom is -0.493 e. The third-order valence-corrected chi connectivity index (χ3v) is 6.41. The monoisotopic (exact) mass is 415 g/mol. The summed E-state index contributed by atoms with van der Waals surface area (Å²) in [4.78, 5) is 21.5. The van der Waals surface area contributed by atoms with Gasteiger partial charge in [-0.2, -0.15) is 0 Å². The van der Waals surface area contributed by atoms with Crippen molar-refractivity contribution in [3.8, 4) is 5.75 Å². The van der Waals surface area contributed by atoms with Crippen molar-refractivity contribution < 1.29 is 9.53 Å². The Labute approximate surface area is 173 Å². The summed E-state index contributed by atoms with van der Waals surface area (Å²) in [6, 6.07) is 14.0. The van der Waals surface area contributed by atoms with Crippen LogP contribution in [0.2, 0.25) is 5.02 Å². The zero-order valence-electron chi connectivity index (χ0n) is 15.7. The minimum atomic E-state index is 0.223. The summed E-state index contributed by atoms with van der Waals surface area (Å²) in [6.07, 6.45) is 1.35. The number of ether oxygens (including phenoxy) is 1. The Balaban J connectivity index is 1.37. The fourth-order valence-electron chi connectivity index (χ4n) is 3.46. The molecule has 4 rings (SSSR count). The molecule has 0 atom stereocenters. The van der Waals surface area contributed by atoms with E-state index in [1.54, 1.807) is 18.4 Å². The van der Waals surface area contributed by atoms with Gasteiger partial charge in [0.05, 0.1) is 16.8 Å². The van der Waals surface area contributed by atoms with Crippen LogP contribution in [0.1, 0.15) is 12.0 Å². The molecule has 0 unspecified atom stereocenters. The molecule has 1 saturated heterocycles. The fraction of sp³-hybridized carbons (Fsp3) is 0.333. The third kappa shape index (κ3) is 3.93. The van der Waals surface area contributed by atoms with Crippen LogP contribution in [0.3, 0.4) is 0 Å². The molecule has 0 bridgehead atoms. The van der Waals surface area contributed by atoms with Crippen molar-refractivity contribution in [2.45, 2.75) is 12.8 Å². The summed E-state index contributed by atoms with van der Waals surface area (Å²) in [7, 11) is 1.61. The SMILES string of the molecule is COc1c(Cl)ccc2sc(N3CCN(C(=O)CCc4ccccc4)CC3)nc12. The van der Waals surface area contributed by atoms with E-state index in [0.29, 0.717) is 17.2 Å². The van der Waals surface area contributed by atoms with Crippen LogP contribution in [-0.4, -0.2) is 49.1 Å². The predicted octanol–water partition coefficient (Wildman–Crippen LogP) is 4.24. The van der Waals surface area contributed by atoms with Crippen LogP contribution in [0.15, 0.2) is 42.5 Å². The number of carbonyl (C=O) groups is 1. The Morgan fingerprint density at radius 3 is 2.61 bits per heavy atom. The Hall–Kier alpha value is -2.31. The van der Waals surface area contributed by atoms with Gasteiger partial charge in [-0.1, -0.05) is 53.3 Å². The molecule has 2 heterocycles. The number of aromatic nitrogens is 1.